The van der Waals surface area contributed by atoms with Crippen molar-refractivity contribution in [3.05, 3.63) is 0 Å². The number of hydrogen-bond donors (Lipinski definition) is 3. The van der Waals surface area contributed by atoms with Gasteiger partial charge in [-0.25, -0.2) is 9.13 Å². The van der Waals surface area contributed by atoms with Crippen LogP contribution in [0.25, 0.3) is 0 Å². The second-order valence-electron chi connectivity index (χ2n) is 27.1. The first-order valence-electron chi connectivity index (χ1n) is 36.8. The van der Waals surface area contributed by atoms with E-state index in [0.29, 0.717) is 25.7 Å². The van der Waals surface area contributed by atoms with Gasteiger partial charge in [-0.2, -0.15) is 0 Å². The number of esters is 4. The molecule has 90 heavy (non-hydrogen) atoms. The van der Waals surface area contributed by atoms with Gasteiger partial charge in [0, 0.05) is 25.7 Å². The average Bonchev–Trinajstić information content (AvgIpc) is 3.72. The molecule has 0 spiro atoms. The smallest absolute Gasteiger partial charge is 0.462 e. The Morgan fingerprint density at radius 1 is 0.311 bits per heavy atom. The molecule has 534 valence electrons. The van der Waals surface area contributed by atoms with E-state index < -0.39 is 97.5 Å². The van der Waals surface area contributed by atoms with Gasteiger partial charge in [-0.3, -0.25) is 37.3 Å². The zero-order chi connectivity index (χ0) is 66.8. The molecule has 0 saturated carbocycles. The molecule has 0 fully saturated rings. The van der Waals surface area contributed by atoms with E-state index in [-0.39, 0.29) is 25.7 Å². The van der Waals surface area contributed by atoms with Gasteiger partial charge >= 0.3 is 39.5 Å². The first-order valence-corrected chi connectivity index (χ1v) is 39.8. The van der Waals surface area contributed by atoms with Gasteiger partial charge in [-0.05, 0) is 49.4 Å². The average molecular weight is 1330 g/mol. The summed E-state index contributed by atoms with van der Waals surface area (Å²) in [6.07, 6.45) is 43.2. The molecule has 0 bridgehead atoms. The van der Waals surface area contributed by atoms with Crippen molar-refractivity contribution in [2.45, 2.75) is 369 Å². The summed E-state index contributed by atoms with van der Waals surface area (Å²) in [5.74, 6) is 0.854. The Morgan fingerprint density at radius 2 is 0.533 bits per heavy atom. The van der Waals surface area contributed by atoms with Crippen molar-refractivity contribution in [1.29, 1.82) is 0 Å². The molecule has 0 aliphatic rings. The van der Waals surface area contributed by atoms with E-state index in [1.807, 2.05) is 0 Å². The van der Waals surface area contributed by atoms with Gasteiger partial charge < -0.3 is 33.8 Å². The summed E-state index contributed by atoms with van der Waals surface area (Å²) in [7, 11) is -9.90. The van der Waals surface area contributed by atoms with Crippen LogP contribution in [-0.2, 0) is 65.4 Å². The van der Waals surface area contributed by atoms with Crippen LogP contribution in [0.3, 0.4) is 0 Å². The molecular formula is C71H138O17P2. The molecule has 0 aromatic rings. The van der Waals surface area contributed by atoms with Crippen molar-refractivity contribution in [3.8, 4) is 0 Å². The molecule has 0 amide bonds. The Hall–Kier alpha value is -1.94. The lowest BCUT2D eigenvalue weighted by molar-refractivity contribution is -0.161. The molecule has 7 atom stereocenters. The van der Waals surface area contributed by atoms with Crippen LogP contribution in [0.5, 0.6) is 0 Å². The van der Waals surface area contributed by atoms with Gasteiger partial charge in [0.15, 0.2) is 12.2 Å². The second-order valence-corrected chi connectivity index (χ2v) is 30.0. The summed E-state index contributed by atoms with van der Waals surface area (Å²) < 4.78 is 68.3. The van der Waals surface area contributed by atoms with Gasteiger partial charge in [0.05, 0.1) is 26.4 Å². The lowest BCUT2D eigenvalue weighted by Gasteiger charge is -2.21. The first kappa shape index (κ1) is 88.1. The third kappa shape index (κ3) is 62.2. The largest absolute Gasteiger partial charge is 0.472 e. The van der Waals surface area contributed by atoms with E-state index in [9.17, 15) is 43.2 Å². The fourth-order valence-electron chi connectivity index (χ4n) is 10.6. The van der Waals surface area contributed by atoms with Crippen LogP contribution in [0.2, 0.25) is 0 Å². The Morgan fingerprint density at radius 3 is 0.789 bits per heavy atom. The number of ether oxygens (including phenoxy) is 4. The minimum absolute atomic E-state index is 0.102. The van der Waals surface area contributed by atoms with Crippen LogP contribution in [0, 0.1) is 23.7 Å². The predicted octanol–water partition coefficient (Wildman–Crippen LogP) is 20.1. The van der Waals surface area contributed by atoms with Gasteiger partial charge in [-0.1, -0.05) is 299 Å². The summed E-state index contributed by atoms with van der Waals surface area (Å²) in [5.41, 5.74) is 0. The zero-order valence-electron chi connectivity index (χ0n) is 58.8. The molecule has 19 heteroatoms. The van der Waals surface area contributed by atoms with Crippen molar-refractivity contribution >= 4 is 39.5 Å². The minimum Gasteiger partial charge on any atom is -0.462 e. The number of hydrogen-bond acceptors (Lipinski definition) is 15. The highest BCUT2D eigenvalue weighted by molar-refractivity contribution is 7.47. The van der Waals surface area contributed by atoms with E-state index in [1.165, 1.54) is 148 Å². The molecule has 3 N–H and O–H groups in total. The van der Waals surface area contributed by atoms with Crippen LogP contribution < -0.4 is 0 Å². The standard InChI is InChI=1S/C71H138O17P2/c1-9-63(7)49-41-33-27-29-36-44-52-69(74)82-58-66(87-70(75)53-45-37-26-20-18-16-14-12-11-13-15-17-19-23-31-39-47-61(3)4)59-85-89(77,78)83-55-65(72)56-84-90(79,80)86-60-67(88-71(76)54-46-38-30-28-34-42-50-64(8)10-2)57-81-68(73)51-43-35-25-22-21-24-32-40-48-62(5)6/h61-67,72H,9-60H2,1-8H3,(H,77,78)(H,79,80)/t63?,64?,65?,66-,67-/m1/s1. The number of aliphatic hydroxyl groups excluding tert-OH is 1. The number of carbonyl (C=O) groups excluding carboxylic acids is 4. The molecule has 0 heterocycles. The highest BCUT2D eigenvalue weighted by atomic mass is 31.2. The van der Waals surface area contributed by atoms with Crippen molar-refractivity contribution in [3.63, 3.8) is 0 Å². The fraction of sp³-hybridized carbons (Fsp3) is 0.944. The van der Waals surface area contributed by atoms with Crippen LogP contribution in [0.4, 0.5) is 0 Å². The first-order chi connectivity index (χ1) is 43.2. The van der Waals surface area contributed by atoms with Gasteiger partial charge in [0.1, 0.15) is 19.3 Å². The lowest BCUT2D eigenvalue weighted by Crippen LogP contribution is -2.30. The Labute approximate surface area is 549 Å². The number of phosphoric acid groups is 2. The van der Waals surface area contributed by atoms with Crippen LogP contribution in [0.15, 0.2) is 0 Å². The summed E-state index contributed by atoms with van der Waals surface area (Å²) in [6, 6.07) is 0. The SMILES string of the molecule is CCC(C)CCCCCCCCC(=O)OC[C@H](COP(=O)(O)OCC(O)COP(=O)(O)OC[C@@H](COC(=O)CCCCCCCCCCC(C)C)OC(=O)CCCCCCCCC(C)CC)OC(=O)CCCCCCCCCCCCCCCCCCC(C)C. The van der Waals surface area contributed by atoms with Crippen molar-refractivity contribution in [2.24, 2.45) is 23.7 Å². The summed E-state index contributed by atoms with van der Waals surface area (Å²) in [6.45, 7) is 14.1. The van der Waals surface area contributed by atoms with Crippen LogP contribution >= 0.6 is 15.6 Å². The fourth-order valence-corrected chi connectivity index (χ4v) is 12.2. The normalized spacial score (nSPS) is 14.9. The van der Waals surface area contributed by atoms with Gasteiger partial charge in [0.2, 0.25) is 0 Å². The lowest BCUT2D eigenvalue weighted by atomic mass is 10.00. The number of unbranched alkanes of at least 4 members (excludes halogenated alkanes) is 32. The van der Waals surface area contributed by atoms with E-state index in [2.05, 4.69) is 55.4 Å². The van der Waals surface area contributed by atoms with Crippen molar-refractivity contribution < 1.29 is 80.2 Å². The molecule has 0 aliphatic carbocycles. The number of carbonyl (C=O) groups is 4. The molecular weight excluding hydrogens is 1190 g/mol. The number of phosphoric ester groups is 2. The monoisotopic (exact) mass is 1320 g/mol. The van der Waals surface area contributed by atoms with Crippen LogP contribution in [0.1, 0.15) is 351 Å². The Bertz CT molecular complexity index is 1790. The van der Waals surface area contributed by atoms with E-state index in [0.717, 1.165) is 120 Å². The zero-order valence-corrected chi connectivity index (χ0v) is 60.6. The molecule has 5 unspecified atom stereocenters. The Balaban J connectivity index is 5.20. The van der Waals surface area contributed by atoms with E-state index in [1.54, 1.807) is 0 Å². The second kappa shape index (κ2) is 60.7. The molecule has 0 aromatic heterocycles. The topological polar surface area (TPSA) is 237 Å². The van der Waals surface area contributed by atoms with Gasteiger partial charge in [-0.15, -0.1) is 0 Å². The molecule has 0 radical (unpaired) electrons. The molecule has 17 nitrogen and oxygen atoms in total. The third-order valence-electron chi connectivity index (χ3n) is 17.0. The Kier molecular flexibility index (Phi) is 59.4. The van der Waals surface area contributed by atoms with Crippen molar-refractivity contribution in [1.82, 2.24) is 0 Å². The third-order valence-corrected chi connectivity index (χ3v) is 18.9. The molecule has 0 aliphatic heterocycles. The number of aliphatic hydroxyl groups is 1. The van der Waals surface area contributed by atoms with E-state index >= 15 is 0 Å². The van der Waals surface area contributed by atoms with Gasteiger partial charge in [0.25, 0.3) is 0 Å². The highest BCUT2D eigenvalue weighted by Gasteiger charge is 2.30. The quantitative estimate of drug-likeness (QED) is 0.0222. The maximum absolute atomic E-state index is 13.0. The minimum atomic E-state index is -4.95. The highest BCUT2D eigenvalue weighted by Crippen LogP contribution is 2.45. The maximum Gasteiger partial charge on any atom is 0.472 e. The molecule has 0 rings (SSSR count). The van der Waals surface area contributed by atoms with Crippen molar-refractivity contribution in [2.75, 3.05) is 39.6 Å². The maximum atomic E-state index is 13.0. The summed E-state index contributed by atoms with van der Waals surface area (Å²) in [5, 5.41) is 10.6. The van der Waals surface area contributed by atoms with Crippen LogP contribution in [-0.4, -0.2) is 96.7 Å². The van der Waals surface area contributed by atoms with E-state index in [4.69, 9.17) is 37.0 Å². The number of rotatable bonds is 68. The molecule has 0 aromatic carbocycles. The summed E-state index contributed by atoms with van der Waals surface area (Å²) in [4.78, 5) is 72.5. The predicted molar refractivity (Wildman–Crippen MR) is 363 cm³/mol. The summed E-state index contributed by atoms with van der Waals surface area (Å²) >= 11 is 0. The molecule has 0 saturated heterocycles.